The van der Waals surface area contributed by atoms with Crippen molar-refractivity contribution in [1.82, 2.24) is 20.0 Å². The summed E-state index contributed by atoms with van der Waals surface area (Å²) in [6, 6.07) is 10.4. The van der Waals surface area contributed by atoms with Crippen molar-refractivity contribution in [3.8, 4) is 0 Å². The maximum atomic E-state index is 4.47. The molecule has 0 aliphatic carbocycles. The first-order valence-electron chi connectivity index (χ1n) is 8.70. The van der Waals surface area contributed by atoms with Crippen LogP contribution in [0.5, 0.6) is 0 Å². The topological polar surface area (TPSA) is 45.5 Å². The van der Waals surface area contributed by atoms with Gasteiger partial charge in [-0.3, -0.25) is 9.67 Å². The van der Waals surface area contributed by atoms with Gasteiger partial charge in [-0.1, -0.05) is 30.3 Å². The second kappa shape index (κ2) is 9.64. The van der Waals surface area contributed by atoms with E-state index in [-0.39, 0.29) is 28.7 Å². The maximum absolute atomic E-state index is 4.47. The summed E-state index contributed by atoms with van der Waals surface area (Å²) in [6.45, 7) is 8.19. The number of nitrogens with zero attached hydrogens (tertiary/aromatic N) is 4. The molecule has 1 aliphatic rings. The van der Waals surface area contributed by atoms with Crippen LogP contribution in [0.15, 0.2) is 47.7 Å². The van der Waals surface area contributed by atoms with Gasteiger partial charge in [0.1, 0.15) is 0 Å². The molecule has 0 bridgehead atoms. The lowest BCUT2D eigenvalue weighted by Crippen LogP contribution is -2.50. The van der Waals surface area contributed by atoms with Gasteiger partial charge in [-0.05, 0) is 19.4 Å². The van der Waals surface area contributed by atoms with Crippen LogP contribution in [0.25, 0.3) is 0 Å². The molecule has 2 aromatic rings. The second-order valence-electron chi connectivity index (χ2n) is 6.96. The molecule has 1 N–H and O–H groups in total. The van der Waals surface area contributed by atoms with Gasteiger partial charge in [-0.15, -0.1) is 24.0 Å². The highest BCUT2D eigenvalue weighted by Gasteiger charge is 2.28. The lowest BCUT2D eigenvalue weighted by Gasteiger charge is -2.39. The van der Waals surface area contributed by atoms with E-state index in [0.717, 1.165) is 37.9 Å². The van der Waals surface area contributed by atoms with E-state index in [1.165, 1.54) is 11.1 Å². The van der Waals surface area contributed by atoms with E-state index in [9.17, 15) is 0 Å². The molecule has 0 amide bonds. The number of halogens is 1. The Kier molecular flexibility index (Phi) is 7.82. The number of aliphatic imine (C=N–C) groups is 1. The fourth-order valence-corrected chi connectivity index (χ4v) is 4.18. The van der Waals surface area contributed by atoms with Crippen LogP contribution in [0.4, 0.5) is 0 Å². The zero-order chi connectivity index (χ0) is 17.7. The predicted molar refractivity (Wildman–Crippen MR) is 121 cm³/mol. The first-order valence-corrected chi connectivity index (χ1v) is 9.69. The highest BCUT2D eigenvalue weighted by atomic mass is 127. The van der Waals surface area contributed by atoms with Gasteiger partial charge in [0, 0.05) is 48.9 Å². The molecular weight excluding hydrogens is 457 g/mol. The Morgan fingerprint density at radius 2 is 2.04 bits per heavy atom. The molecule has 26 heavy (non-hydrogen) atoms. The summed E-state index contributed by atoms with van der Waals surface area (Å²) in [5.41, 5.74) is 2.43. The van der Waals surface area contributed by atoms with E-state index in [2.05, 4.69) is 64.6 Å². The van der Waals surface area contributed by atoms with Crippen LogP contribution in [0.1, 0.15) is 25.0 Å². The zero-order valence-corrected chi connectivity index (χ0v) is 18.8. The lowest BCUT2D eigenvalue weighted by atomic mass is 10.2. The van der Waals surface area contributed by atoms with Gasteiger partial charge < -0.3 is 10.2 Å². The van der Waals surface area contributed by atoms with Crippen molar-refractivity contribution in [1.29, 1.82) is 0 Å². The summed E-state index contributed by atoms with van der Waals surface area (Å²) in [7, 11) is 1.86. The van der Waals surface area contributed by atoms with Crippen molar-refractivity contribution in [2.45, 2.75) is 31.7 Å². The number of hydrogen-bond acceptors (Lipinski definition) is 3. The molecule has 1 fully saturated rings. The highest BCUT2D eigenvalue weighted by molar-refractivity contribution is 14.0. The number of hydrogen-bond donors (Lipinski definition) is 1. The average Bonchev–Trinajstić information content (AvgIpc) is 3.03. The number of benzene rings is 1. The average molecular weight is 485 g/mol. The van der Waals surface area contributed by atoms with Crippen LogP contribution in [0.2, 0.25) is 0 Å². The summed E-state index contributed by atoms with van der Waals surface area (Å²) in [5.74, 6) is 2.12. The van der Waals surface area contributed by atoms with Crippen molar-refractivity contribution in [3.63, 3.8) is 0 Å². The third-order valence-corrected chi connectivity index (χ3v) is 5.56. The van der Waals surface area contributed by atoms with E-state index in [4.69, 9.17) is 0 Å². The van der Waals surface area contributed by atoms with Crippen molar-refractivity contribution < 1.29 is 0 Å². The van der Waals surface area contributed by atoms with Crippen molar-refractivity contribution in [2.24, 2.45) is 4.99 Å². The molecular formula is C19H28IN5S. The molecule has 0 spiro atoms. The second-order valence-corrected chi connectivity index (χ2v) is 8.76. The van der Waals surface area contributed by atoms with Crippen molar-refractivity contribution in [3.05, 3.63) is 53.9 Å². The number of rotatable bonds is 4. The molecule has 1 saturated heterocycles. The van der Waals surface area contributed by atoms with Crippen LogP contribution in [-0.4, -0.2) is 51.3 Å². The largest absolute Gasteiger partial charge is 0.352 e. The van der Waals surface area contributed by atoms with E-state index < -0.39 is 0 Å². The number of nitrogens with one attached hydrogen (secondary N) is 1. The Balaban J connectivity index is 0.00000243. The highest BCUT2D eigenvalue weighted by Crippen LogP contribution is 2.29. The van der Waals surface area contributed by atoms with E-state index in [1.807, 2.05) is 35.8 Å². The lowest BCUT2D eigenvalue weighted by molar-refractivity contribution is 0.375. The Morgan fingerprint density at radius 1 is 1.27 bits per heavy atom. The van der Waals surface area contributed by atoms with E-state index in [1.54, 1.807) is 0 Å². The predicted octanol–water partition coefficient (Wildman–Crippen LogP) is 3.45. The third-order valence-electron chi connectivity index (χ3n) is 4.26. The fraction of sp³-hybridized carbons (Fsp3) is 0.474. The Hall–Kier alpha value is -1.22. The maximum Gasteiger partial charge on any atom is 0.193 e. The summed E-state index contributed by atoms with van der Waals surface area (Å²) >= 11 is 2.03. The van der Waals surface area contributed by atoms with Crippen LogP contribution in [0, 0.1) is 0 Å². The molecule has 1 aromatic carbocycles. The quantitative estimate of drug-likeness (QED) is 0.410. The molecule has 0 atom stereocenters. The summed E-state index contributed by atoms with van der Waals surface area (Å²) < 4.78 is 2.26. The standard InChI is InChI=1S/C19H27N5S.HI/c1-19(2)15-23(9-10-25-19)18(20-3)21-11-17-12-22-24(14-17)13-16-7-5-4-6-8-16;/h4-8,12,14H,9-11,13,15H2,1-3H3,(H,20,21);1H. The summed E-state index contributed by atoms with van der Waals surface area (Å²) in [6.07, 6.45) is 4.03. The number of aromatic nitrogens is 2. The van der Waals surface area contributed by atoms with Gasteiger partial charge in [0.25, 0.3) is 0 Å². The van der Waals surface area contributed by atoms with Gasteiger partial charge in [-0.2, -0.15) is 16.9 Å². The Morgan fingerprint density at radius 3 is 2.73 bits per heavy atom. The minimum absolute atomic E-state index is 0. The first kappa shape index (κ1) is 21.1. The SMILES string of the molecule is CN=C(NCc1cnn(Cc2ccccc2)c1)N1CCSC(C)(C)C1.I. The molecule has 0 radical (unpaired) electrons. The minimum Gasteiger partial charge on any atom is -0.352 e. The fourth-order valence-electron chi connectivity index (χ4n) is 3.07. The van der Waals surface area contributed by atoms with E-state index >= 15 is 0 Å². The van der Waals surface area contributed by atoms with Gasteiger partial charge in [-0.25, -0.2) is 0 Å². The first-order chi connectivity index (χ1) is 12.1. The molecule has 5 nitrogen and oxygen atoms in total. The minimum atomic E-state index is 0. The molecule has 142 valence electrons. The molecule has 0 unspecified atom stereocenters. The van der Waals surface area contributed by atoms with E-state index in [0.29, 0.717) is 0 Å². The van der Waals surface area contributed by atoms with Gasteiger partial charge in [0.2, 0.25) is 0 Å². The molecule has 3 rings (SSSR count). The molecule has 1 aromatic heterocycles. The molecule has 7 heteroatoms. The number of thioether (sulfide) groups is 1. The summed E-state index contributed by atoms with van der Waals surface area (Å²) in [4.78, 5) is 6.81. The van der Waals surface area contributed by atoms with Crippen LogP contribution >= 0.6 is 35.7 Å². The monoisotopic (exact) mass is 485 g/mol. The van der Waals surface area contributed by atoms with Crippen LogP contribution < -0.4 is 5.32 Å². The molecule has 0 saturated carbocycles. The van der Waals surface area contributed by atoms with Gasteiger partial charge >= 0.3 is 0 Å². The smallest absolute Gasteiger partial charge is 0.193 e. The van der Waals surface area contributed by atoms with Crippen molar-refractivity contribution >= 4 is 41.7 Å². The normalized spacial score (nSPS) is 16.9. The number of guanidine groups is 1. The van der Waals surface area contributed by atoms with Crippen LogP contribution in [0.3, 0.4) is 0 Å². The third kappa shape index (κ3) is 5.90. The van der Waals surface area contributed by atoms with Gasteiger partial charge in [0.15, 0.2) is 5.96 Å². The van der Waals surface area contributed by atoms with Crippen LogP contribution in [-0.2, 0) is 13.1 Å². The Labute approximate surface area is 177 Å². The Bertz CT molecular complexity index is 714. The van der Waals surface area contributed by atoms with Crippen molar-refractivity contribution in [2.75, 3.05) is 25.9 Å². The summed E-state index contributed by atoms with van der Waals surface area (Å²) in [5, 5.41) is 7.95. The van der Waals surface area contributed by atoms with Gasteiger partial charge in [0.05, 0.1) is 12.7 Å². The molecule has 2 heterocycles. The zero-order valence-electron chi connectivity index (χ0n) is 15.7. The molecule has 1 aliphatic heterocycles.